The molecule has 0 amide bonds. The Bertz CT molecular complexity index is 155. The van der Waals surface area contributed by atoms with Crippen LogP contribution in [-0.4, -0.2) is 25.8 Å². The zero-order valence-corrected chi connectivity index (χ0v) is 10.6. The highest BCUT2D eigenvalue weighted by Gasteiger charge is 2.19. The van der Waals surface area contributed by atoms with E-state index in [0.29, 0.717) is 12.1 Å². The van der Waals surface area contributed by atoms with Crippen molar-refractivity contribution in [3.63, 3.8) is 0 Å². The Morgan fingerprint density at radius 1 is 1.33 bits per heavy atom. The van der Waals surface area contributed by atoms with Crippen LogP contribution in [0.25, 0.3) is 0 Å². The minimum Gasteiger partial charge on any atom is -0.383 e. The van der Waals surface area contributed by atoms with Gasteiger partial charge in [-0.1, -0.05) is 32.6 Å². The van der Waals surface area contributed by atoms with E-state index in [1.807, 2.05) is 0 Å². The van der Waals surface area contributed by atoms with E-state index in [0.717, 1.165) is 18.9 Å². The Hall–Kier alpha value is -0.0800. The molecule has 2 nitrogen and oxygen atoms in total. The minimum atomic E-state index is 0.534. The van der Waals surface area contributed by atoms with E-state index in [1.165, 1.54) is 32.1 Å². The van der Waals surface area contributed by atoms with E-state index in [4.69, 9.17) is 4.74 Å². The second kappa shape index (κ2) is 7.24. The third-order valence-corrected chi connectivity index (χ3v) is 3.54. The van der Waals surface area contributed by atoms with Crippen molar-refractivity contribution in [3.8, 4) is 0 Å². The topological polar surface area (TPSA) is 21.3 Å². The Labute approximate surface area is 94.8 Å². The summed E-state index contributed by atoms with van der Waals surface area (Å²) in [6.45, 7) is 5.38. The normalized spacial score (nSPS) is 21.8. The summed E-state index contributed by atoms with van der Waals surface area (Å²) in [6.07, 6.45) is 8.31. The lowest BCUT2D eigenvalue weighted by atomic mass is 9.99. The van der Waals surface area contributed by atoms with Crippen molar-refractivity contribution >= 4 is 0 Å². The highest BCUT2D eigenvalue weighted by Crippen LogP contribution is 2.28. The molecule has 0 saturated heterocycles. The van der Waals surface area contributed by atoms with Gasteiger partial charge in [0.1, 0.15) is 0 Å². The Balaban J connectivity index is 2.17. The molecule has 1 rings (SSSR count). The number of hydrogen-bond donors (Lipinski definition) is 1. The third kappa shape index (κ3) is 4.98. The third-order valence-electron chi connectivity index (χ3n) is 3.54. The van der Waals surface area contributed by atoms with Gasteiger partial charge in [-0.2, -0.15) is 0 Å². The monoisotopic (exact) mass is 213 g/mol. The fraction of sp³-hybridized carbons (Fsp3) is 1.00. The van der Waals surface area contributed by atoms with Gasteiger partial charge >= 0.3 is 0 Å². The fourth-order valence-electron chi connectivity index (χ4n) is 2.70. The highest BCUT2D eigenvalue weighted by atomic mass is 16.5. The molecule has 0 aromatic heterocycles. The molecule has 0 radical (unpaired) electrons. The van der Waals surface area contributed by atoms with E-state index in [2.05, 4.69) is 19.2 Å². The lowest BCUT2D eigenvalue weighted by molar-refractivity contribution is 0.157. The van der Waals surface area contributed by atoms with Crippen molar-refractivity contribution in [2.45, 2.75) is 64.5 Å². The average Bonchev–Trinajstić information content (AvgIpc) is 2.69. The second-order valence-electron chi connectivity index (χ2n) is 5.01. The molecule has 2 heteroatoms. The summed E-state index contributed by atoms with van der Waals surface area (Å²) in [5.41, 5.74) is 0. The maximum atomic E-state index is 5.20. The van der Waals surface area contributed by atoms with Gasteiger partial charge in [-0.3, -0.25) is 0 Å². The molecule has 1 fully saturated rings. The molecule has 1 aliphatic rings. The second-order valence-corrected chi connectivity index (χ2v) is 5.01. The first-order chi connectivity index (χ1) is 7.26. The maximum absolute atomic E-state index is 5.20. The van der Waals surface area contributed by atoms with Crippen molar-refractivity contribution < 1.29 is 4.74 Å². The molecule has 0 aromatic rings. The van der Waals surface area contributed by atoms with E-state index >= 15 is 0 Å². The molecule has 0 aromatic carbocycles. The van der Waals surface area contributed by atoms with Gasteiger partial charge in [0.15, 0.2) is 0 Å². The summed E-state index contributed by atoms with van der Waals surface area (Å²) >= 11 is 0. The van der Waals surface area contributed by atoms with E-state index in [-0.39, 0.29) is 0 Å². The first-order valence-electron chi connectivity index (χ1n) is 6.51. The zero-order chi connectivity index (χ0) is 11.1. The van der Waals surface area contributed by atoms with Crippen LogP contribution in [0, 0.1) is 5.92 Å². The van der Waals surface area contributed by atoms with Gasteiger partial charge in [0.05, 0.1) is 6.61 Å². The standard InChI is InChI=1S/C13H27NO/c1-4-13(10-15-3)14-11(2)9-12-7-5-6-8-12/h11-14H,4-10H2,1-3H3. The molecule has 0 aliphatic heterocycles. The van der Waals surface area contributed by atoms with Crippen molar-refractivity contribution in [1.29, 1.82) is 0 Å². The molecular weight excluding hydrogens is 186 g/mol. The van der Waals surface area contributed by atoms with Crippen LogP contribution < -0.4 is 5.32 Å². The summed E-state index contributed by atoms with van der Waals surface area (Å²) in [5.74, 6) is 0.979. The number of ether oxygens (including phenoxy) is 1. The van der Waals surface area contributed by atoms with Gasteiger partial charge in [0, 0.05) is 19.2 Å². The molecule has 1 aliphatic carbocycles. The van der Waals surface area contributed by atoms with Gasteiger partial charge in [-0.25, -0.2) is 0 Å². The van der Waals surface area contributed by atoms with Crippen LogP contribution in [0.4, 0.5) is 0 Å². The smallest absolute Gasteiger partial charge is 0.0615 e. The summed E-state index contributed by atoms with van der Waals surface area (Å²) < 4.78 is 5.20. The van der Waals surface area contributed by atoms with Gasteiger partial charge in [-0.05, 0) is 25.7 Å². The van der Waals surface area contributed by atoms with Crippen LogP contribution in [0.15, 0.2) is 0 Å². The fourth-order valence-corrected chi connectivity index (χ4v) is 2.70. The quantitative estimate of drug-likeness (QED) is 0.702. The summed E-state index contributed by atoms with van der Waals surface area (Å²) in [7, 11) is 1.78. The van der Waals surface area contributed by atoms with Crippen molar-refractivity contribution in [2.24, 2.45) is 5.92 Å². The Morgan fingerprint density at radius 2 is 2.00 bits per heavy atom. The lowest BCUT2D eigenvalue weighted by Crippen LogP contribution is -2.39. The summed E-state index contributed by atoms with van der Waals surface area (Å²) in [6, 6.07) is 1.18. The van der Waals surface area contributed by atoms with E-state index in [1.54, 1.807) is 7.11 Å². The van der Waals surface area contributed by atoms with Crippen LogP contribution in [0.1, 0.15) is 52.4 Å². The molecule has 90 valence electrons. The molecule has 2 unspecified atom stereocenters. The molecule has 0 bridgehead atoms. The van der Waals surface area contributed by atoms with Crippen LogP contribution in [0.3, 0.4) is 0 Å². The first kappa shape index (κ1) is 13.0. The average molecular weight is 213 g/mol. The predicted molar refractivity (Wildman–Crippen MR) is 65.1 cm³/mol. The Morgan fingerprint density at radius 3 is 2.53 bits per heavy atom. The van der Waals surface area contributed by atoms with Crippen LogP contribution >= 0.6 is 0 Å². The molecule has 1 N–H and O–H groups in total. The minimum absolute atomic E-state index is 0.534. The number of rotatable bonds is 7. The van der Waals surface area contributed by atoms with Gasteiger partial charge in [0.25, 0.3) is 0 Å². The van der Waals surface area contributed by atoms with Crippen molar-refractivity contribution in [2.75, 3.05) is 13.7 Å². The SMILES string of the molecule is CCC(COC)NC(C)CC1CCCC1. The van der Waals surface area contributed by atoms with Crippen molar-refractivity contribution in [1.82, 2.24) is 5.32 Å². The lowest BCUT2D eigenvalue weighted by Gasteiger charge is -2.23. The van der Waals surface area contributed by atoms with Crippen LogP contribution in [0.2, 0.25) is 0 Å². The molecular formula is C13H27NO. The molecule has 15 heavy (non-hydrogen) atoms. The number of nitrogens with one attached hydrogen (secondary N) is 1. The summed E-state index contributed by atoms with van der Waals surface area (Å²) in [5, 5.41) is 3.67. The van der Waals surface area contributed by atoms with Gasteiger partial charge < -0.3 is 10.1 Å². The molecule has 0 heterocycles. The predicted octanol–water partition coefficient (Wildman–Crippen LogP) is 2.97. The zero-order valence-electron chi connectivity index (χ0n) is 10.6. The first-order valence-corrected chi connectivity index (χ1v) is 6.51. The van der Waals surface area contributed by atoms with Crippen molar-refractivity contribution in [3.05, 3.63) is 0 Å². The molecule has 0 spiro atoms. The number of methoxy groups -OCH3 is 1. The van der Waals surface area contributed by atoms with E-state index in [9.17, 15) is 0 Å². The van der Waals surface area contributed by atoms with Gasteiger partial charge in [-0.15, -0.1) is 0 Å². The Kier molecular flexibility index (Phi) is 6.26. The molecule has 1 saturated carbocycles. The summed E-state index contributed by atoms with van der Waals surface area (Å²) in [4.78, 5) is 0. The van der Waals surface area contributed by atoms with Gasteiger partial charge in [0.2, 0.25) is 0 Å². The maximum Gasteiger partial charge on any atom is 0.0615 e. The molecule has 2 atom stereocenters. The highest BCUT2D eigenvalue weighted by molar-refractivity contribution is 4.76. The van der Waals surface area contributed by atoms with E-state index < -0.39 is 0 Å². The largest absolute Gasteiger partial charge is 0.383 e. The van der Waals surface area contributed by atoms with Crippen LogP contribution in [-0.2, 0) is 4.74 Å². The number of hydrogen-bond acceptors (Lipinski definition) is 2. The van der Waals surface area contributed by atoms with Crippen LogP contribution in [0.5, 0.6) is 0 Å².